The second kappa shape index (κ2) is 16.2. The average molecular weight is 511 g/mol. The molecule has 192 valence electrons. The molecule has 0 aliphatic heterocycles. The molecule has 0 bridgehead atoms. The second-order valence-corrected chi connectivity index (χ2v) is 12.0. The molecule has 10 heteroatoms. The van der Waals surface area contributed by atoms with Crippen molar-refractivity contribution in [3.05, 3.63) is 24.3 Å². The highest BCUT2D eigenvalue weighted by Gasteiger charge is 2.23. The van der Waals surface area contributed by atoms with Crippen LogP contribution in [0.4, 0.5) is 20.2 Å². The van der Waals surface area contributed by atoms with E-state index in [-0.39, 0.29) is 17.1 Å². The average Bonchev–Trinajstić information content (AvgIpc) is 2.75. The van der Waals surface area contributed by atoms with Crippen molar-refractivity contribution in [2.24, 2.45) is 0 Å². The van der Waals surface area contributed by atoms with Gasteiger partial charge in [0.2, 0.25) is 10.0 Å². The summed E-state index contributed by atoms with van der Waals surface area (Å²) in [5.41, 5.74) is 0.186. The van der Waals surface area contributed by atoms with Crippen LogP contribution in [-0.4, -0.2) is 28.3 Å². The Morgan fingerprint density at radius 1 is 0.636 bits per heavy atom. The quantitative estimate of drug-likeness (QED) is 0.187. The van der Waals surface area contributed by atoms with Crippen LogP contribution >= 0.6 is 0 Å². The SMILES string of the molecule is CCCCCCCCCCCCCCCCS(=O)(=O)Nc1ccc(NS(=O)(=O)C(F)F)cc1. The minimum absolute atomic E-state index is 0.00476. The molecule has 0 fully saturated rings. The van der Waals surface area contributed by atoms with Crippen molar-refractivity contribution in [1.82, 2.24) is 0 Å². The first-order valence-electron chi connectivity index (χ1n) is 12.1. The van der Waals surface area contributed by atoms with E-state index in [4.69, 9.17) is 0 Å². The maximum absolute atomic E-state index is 12.4. The Labute approximate surface area is 199 Å². The monoisotopic (exact) mass is 510 g/mol. The highest BCUT2D eigenvalue weighted by Crippen LogP contribution is 2.19. The van der Waals surface area contributed by atoms with E-state index < -0.39 is 25.8 Å². The summed E-state index contributed by atoms with van der Waals surface area (Å²) in [5.74, 6) is -3.54. The van der Waals surface area contributed by atoms with Crippen molar-refractivity contribution in [1.29, 1.82) is 0 Å². The van der Waals surface area contributed by atoms with Gasteiger partial charge >= 0.3 is 5.76 Å². The van der Waals surface area contributed by atoms with Crippen molar-refractivity contribution in [3.8, 4) is 0 Å². The minimum Gasteiger partial charge on any atom is -0.284 e. The number of anilines is 2. The van der Waals surface area contributed by atoms with Crippen molar-refractivity contribution in [2.75, 3.05) is 15.2 Å². The molecule has 0 saturated carbocycles. The number of halogens is 2. The fraction of sp³-hybridized carbons (Fsp3) is 0.739. The van der Waals surface area contributed by atoms with E-state index in [9.17, 15) is 25.6 Å². The molecule has 1 rings (SSSR count). The fourth-order valence-electron chi connectivity index (χ4n) is 3.53. The van der Waals surface area contributed by atoms with Crippen LogP contribution in [0.25, 0.3) is 0 Å². The number of sulfonamides is 2. The summed E-state index contributed by atoms with van der Waals surface area (Å²) in [6.45, 7) is 2.23. The molecular weight excluding hydrogens is 470 g/mol. The van der Waals surface area contributed by atoms with Gasteiger partial charge in [-0.2, -0.15) is 8.78 Å². The van der Waals surface area contributed by atoms with Crippen LogP contribution in [0, 0.1) is 0 Å². The predicted molar refractivity (Wildman–Crippen MR) is 133 cm³/mol. The van der Waals surface area contributed by atoms with Crippen molar-refractivity contribution >= 4 is 31.4 Å². The second-order valence-electron chi connectivity index (χ2n) is 8.50. The first-order valence-corrected chi connectivity index (χ1v) is 15.3. The highest BCUT2D eigenvalue weighted by molar-refractivity contribution is 7.93. The lowest BCUT2D eigenvalue weighted by molar-refractivity contribution is 0.236. The van der Waals surface area contributed by atoms with Crippen molar-refractivity contribution < 1.29 is 25.6 Å². The van der Waals surface area contributed by atoms with Gasteiger partial charge in [-0.25, -0.2) is 16.8 Å². The molecule has 1 aromatic carbocycles. The third-order valence-electron chi connectivity index (χ3n) is 5.42. The number of rotatable bonds is 20. The Balaban J connectivity index is 2.13. The molecule has 6 nitrogen and oxygen atoms in total. The van der Waals surface area contributed by atoms with Crippen molar-refractivity contribution in [2.45, 2.75) is 103 Å². The van der Waals surface area contributed by atoms with E-state index in [1.165, 1.54) is 88.5 Å². The molecule has 0 unspecified atom stereocenters. The number of alkyl halides is 2. The minimum atomic E-state index is -4.75. The smallest absolute Gasteiger partial charge is 0.284 e. The number of nitrogens with one attached hydrogen (secondary N) is 2. The summed E-state index contributed by atoms with van der Waals surface area (Å²) in [7, 11) is -8.27. The van der Waals surface area contributed by atoms with Gasteiger partial charge in [-0.05, 0) is 30.7 Å². The third-order valence-corrected chi connectivity index (χ3v) is 7.78. The van der Waals surface area contributed by atoms with Gasteiger partial charge in [-0.1, -0.05) is 90.4 Å². The molecule has 33 heavy (non-hydrogen) atoms. The molecule has 0 heterocycles. The van der Waals surface area contributed by atoms with Crippen LogP contribution in [-0.2, 0) is 20.0 Å². The Morgan fingerprint density at radius 2 is 1.00 bits per heavy atom. The molecule has 2 N–H and O–H groups in total. The standard InChI is InChI=1S/C23H40F2N2O4S2/c1-2-3-4-5-6-7-8-9-10-11-12-13-14-15-20-32(28,29)26-21-16-18-22(19-17-21)27-33(30,31)23(24)25/h16-19,23,26-27H,2-15,20H2,1H3. The van der Waals surface area contributed by atoms with Gasteiger partial charge in [-0.15, -0.1) is 0 Å². The van der Waals surface area contributed by atoms with E-state index in [1.54, 1.807) is 4.72 Å². The number of hydrogen-bond acceptors (Lipinski definition) is 4. The molecular formula is C23H40F2N2O4S2. The van der Waals surface area contributed by atoms with Gasteiger partial charge in [0.1, 0.15) is 0 Å². The Kier molecular flexibility index (Phi) is 14.6. The molecule has 0 atom stereocenters. The molecule has 0 amide bonds. The van der Waals surface area contributed by atoms with E-state index in [2.05, 4.69) is 11.6 Å². The number of hydrogen-bond donors (Lipinski definition) is 2. The van der Waals surface area contributed by atoms with Gasteiger partial charge in [-0.3, -0.25) is 9.44 Å². The van der Waals surface area contributed by atoms with Crippen LogP contribution in [0.15, 0.2) is 24.3 Å². The highest BCUT2D eigenvalue weighted by atomic mass is 32.2. The van der Waals surface area contributed by atoms with Gasteiger partial charge in [0.25, 0.3) is 10.0 Å². The summed E-state index contributed by atoms with van der Waals surface area (Å²) < 4.78 is 75.6. The van der Waals surface area contributed by atoms with Crippen LogP contribution in [0.2, 0.25) is 0 Å². The summed E-state index contributed by atoms with van der Waals surface area (Å²) >= 11 is 0. The zero-order valence-corrected chi connectivity index (χ0v) is 21.3. The van der Waals surface area contributed by atoms with Gasteiger partial charge in [0.15, 0.2) is 0 Å². The summed E-state index contributed by atoms with van der Waals surface area (Å²) in [6.07, 6.45) is 16.7. The van der Waals surface area contributed by atoms with Crippen LogP contribution in [0.3, 0.4) is 0 Å². The topological polar surface area (TPSA) is 92.3 Å². The van der Waals surface area contributed by atoms with Crippen molar-refractivity contribution in [3.63, 3.8) is 0 Å². The van der Waals surface area contributed by atoms with Gasteiger partial charge in [0.05, 0.1) is 5.75 Å². The molecule has 0 aromatic heterocycles. The maximum atomic E-state index is 12.4. The Bertz CT molecular complexity index is 846. The molecule has 1 aromatic rings. The zero-order valence-electron chi connectivity index (χ0n) is 19.7. The summed E-state index contributed by atoms with van der Waals surface area (Å²) in [6, 6.07) is 5.10. The van der Waals surface area contributed by atoms with E-state index in [0.29, 0.717) is 6.42 Å². The summed E-state index contributed by atoms with van der Waals surface area (Å²) in [5, 5.41) is 0. The molecule has 0 aliphatic carbocycles. The Hall–Kier alpha value is -1.42. The van der Waals surface area contributed by atoms with Crippen LogP contribution < -0.4 is 9.44 Å². The molecule has 0 spiro atoms. The predicted octanol–water partition coefficient (Wildman–Crippen LogP) is 6.87. The number of unbranched alkanes of at least 4 members (excludes halogenated alkanes) is 13. The van der Waals surface area contributed by atoms with Crippen LogP contribution in [0.1, 0.15) is 96.8 Å². The first-order chi connectivity index (χ1) is 15.7. The molecule has 0 aliphatic rings. The van der Waals surface area contributed by atoms with Gasteiger partial charge in [0, 0.05) is 11.4 Å². The van der Waals surface area contributed by atoms with Crippen LogP contribution in [0.5, 0.6) is 0 Å². The number of benzene rings is 1. The molecule has 0 radical (unpaired) electrons. The van der Waals surface area contributed by atoms with Gasteiger partial charge < -0.3 is 0 Å². The lowest BCUT2D eigenvalue weighted by Gasteiger charge is -2.10. The first kappa shape index (κ1) is 29.6. The maximum Gasteiger partial charge on any atom is 0.355 e. The fourth-order valence-corrected chi connectivity index (χ4v) is 5.27. The lowest BCUT2D eigenvalue weighted by Crippen LogP contribution is -2.20. The largest absolute Gasteiger partial charge is 0.355 e. The normalized spacial score (nSPS) is 12.2. The summed E-state index contributed by atoms with van der Waals surface area (Å²) in [4.78, 5) is 0. The molecule has 0 saturated heterocycles. The van der Waals surface area contributed by atoms with E-state index in [0.717, 1.165) is 19.3 Å². The third kappa shape index (κ3) is 14.4. The Morgan fingerprint density at radius 3 is 1.39 bits per heavy atom. The van der Waals surface area contributed by atoms with E-state index in [1.807, 2.05) is 0 Å². The van der Waals surface area contributed by atoms with E-state index >= 15 is 0 Å². The lowest BCUT2D eigenvalue weighted by atomic mass is 10.0. The zero-order chi connectivity index (χ0) is 24.6.